The quantitative estimate of drug-likeness (QED) is 0.347. The monoisotopic (exact) mass is 643 g/mol. The highest BCUT2D eigenvalue weighted by atomic mass is 35.5. The Bertz CT molecular complexity index is 1370. The maximum atomic E-state index is 14.0. The van der Waals surface area contributed by atoms with Crippen molar-refractivity contribution in [2.24, 2.45) is 5.92 Å². The Morgan fingerprint density at radius 1 is 1.00 bits per heavy atom. The Balaban J connectivity index is 1.25. The number of sulfonamides is 1. The van der Waals surface area contributed by atoms with Crippen LogP contribution in [0, 0.1) is 5.92 Å². The third-order valence-electron chi connectivity index (χ3n) is 9.44. The van der Waals surface area contributed by atoms with Gasteiger partial charge in [-0.3, -0.25) is 14.5 Å². The van der Waals surface area contributed by atoms with E-state index in [4.69, 9.17) is 11.6 Å². The van der Waals surface area contributed by atoms with Crippen LogP contribution < -0.4 is 15.4 Å². The lowest BCUT2D eigenvalue weighted by molar-refractivity contribution is -0.138. The van der Waals surface area contributed by atoms with Crippen molar-refractivity contribution in [2.45, 2.75) is 69.5 Å². The number of nitrogens with zero attached hydrogens (tertiary/aromatic N) is 2. The highest BCUT2D eigenvalue weighted by molar-refractivity contribution is 7.88. The van der Waals surface area contributed by atoms with E-state index < -0.39 is 16.1 Å². The third kappa shape index (κ3) is 9.03. The number of hydrogen-bond donors (Lipinski definition) is 3. The number of halogens is 1. The molecule has 0 spiro atoms. The van der Waals surface area contributed by atoms with E-state index in [-0.39, 0.29) is 30.3 Å². The Morgan fingerprint density at radius 2 is 1.70 bits per heavy atom. The first-order valence-electron chi connectivity index (χ1n) is 16.0. The van der Waals surface area contributed by atoms with Crippen LogP contribution in [0.15, 0.2) is 48.5 Å². The van der Waals surface area contributed by atoms with Crippen molar-refractivity contribution in [2.75, 3.05) is 45.5 Å². The number of benzene rings is 2. The fraction of sp³-hybridized carbons (Fsp3) is 0.576. The van der Waals surface area contributed by atoms with Gasteiger partial charge in [0.05, 0.1) is 6.26 Å². The molecule has 2 aromatic rings. The van der Waals surface area contributed by atoms with E-state index in [9.17, 15) is 18.0 Å². The second-order valence-electron chi connectivity index (χ2n) is 12.6. The Hall–Kier alpha value is -2.50. The summed E-state index contributed by atoms with van der Waals surface area (Å²) in [6.07, 6.45) is 8.55. The maximum Gasteiger partial charge on any atom is 0.245 e. The van der Waals surface area contributed by atoms with Gasteiger partial charge in [0.2, 0.25) is 21.8 Å². The van der Waals surface area contributed by atoms with E-state index in [0.29, 0.717) is 50.1 Å². The Kier molecular flexibility index (Phi) is 11.4. The van der Waals surface area contributed by atoms with Gasteiger partial charge in [-0.2, -0.15) is 0 Å². The molecule has 1 saturated carbocycles. The van der Waals surface area contributed by atoms with Crippen molar-refractivity contribution >= 4 is 33.4 Å². The first kappa shape index (κ1) is 32.9. The Morgan fingerprint density at radius 3 is 2.41 bits per heavy atom. The van der Waals surface area contributed by atoms with E-state index in [1.807, 2.05) is 29.2 Å². The molecule has 2 aromatic carbocycles. The maximum absolute atomic E-state index is 14.0. The van der Waals surface area contributed by atoms with Crippen LogP contribution in [-0.4, -0.2) is 87.6 Å². The zero-order chi connectivity index (χ0) is 31.1. The largest absolute Gasteiger partial charge is 0.344 e. The number of piperazine rings is 1. The zero-order valence-electron chi connectivity index (χ0n) is 25.6. The van der Waals surface area contributed by atoms with Crippen LogP contribution in [0.1, 0.15) is 61.3 Å². The van der Waals surface area contributed by atoms with Crippen LogP contribution in [0.25, 0.3) is 0 Å². The SMILES string of the molecule is CS(=O)(=O)NCC(C1CCCCC1)N1CCN(C(=O)[C@@H](Cc2ccc(Cl)cc2)NC(=O)CC2NCCc3ccccc32)CC1. The molecule has 2 unspecified atom stereocenters. The zero-order valence-corrected chi connectivity index (χ0v) is 27.2. The van der Waals surface area contributed by atoms with E-state index in [1.54, 1.807) is 12.1 Å². The molecule has 2 heterocycles. The van der Waals surface area contributed by atoms with Crippen LogP contribution in [0.3, 0.4) is 0 Å². The minimum Gasteiger partial charge on any atom is -0.344 e. The van der Waals surface area contributed by atoms with Crippen LogP contribution in [0.4, 0.5) is 0 Å². The minimum absolute atomic E-state index is 0.0894. The van der Waals surface area contributed by atoms with Crippen molar-refractivity contribution in [1.29, 1.82) is 0 Å². The van der Waals surface area contributed by atoms with E-state index in [0.717, 1.165) is 36.9 Å². The summed E-state index contributed by atoms with van der Waals surface area (Å²) in [5.41, 5.74) is 3.33. The smallest absolute Gasteiger partial charge is 0.245 e. The molecule has 44 heavy (non-hydrogen) atoms. The summed E-state index contributed by atoms with van der Waals surface area (Å²) in [6, 6.07) is 14.9. The lowest BCUT2D eigenvalue weighted by Crippen LogP contribution is -2.59. The van der Waals surface area contributed by atoms with Crippen LogP contribution in [0.5, 0.6) is 0 Å². The van der Waals surface area contributed by atoms with Crippen molar-refractivity contribution in [3.63, 3.8) is 0 Å². The predicted octanol–water partition coefficient (Wildman–Crippen LogP) is 3.29. The molecule has 1 saturated heterocycles. The number of fused-ring (bicyclic) bond motifs is 1. The van der Waals surface area contributed by atoms with E-state index in [1.165, 1.54) is 31.1 Å². The molecule has 3 aliphatic rings. The van der Waals surface area contributed by atoms with Gasteiger partial charge in [-0.1, -0.05) is 67.3 Å². The van der Waals surface area contributed by atoms with Crippen molar-refractivity contribution in [1.82, 2.24) is 25.2 Å². The van der Waals surface area contributed by atoms with Gasteiger partial charge in [-0.15, -0.1) is 0 Å². The topological polar surface area (TPSA) is 111 Å². The summed E-state index contributed by atoms with van der Waals surface area (Å²) in [7, 11) is -3.30. The number of rotatable bonds is 11. The minimum atomic E-state index is -3.30. The number of carbonyl (C=O) groups is 2. The molecule has 3 atom stereocenters. The first-order chi connectivity index (χ1) is 21.2. The molecule has 0 bridgehead atoms. The van der Waals surface area contributed by atoms with Gasteiger partial charge < -0.3 is 15.5 Å². The summed E-state index contributed by atoms with van der Waals surface area (Å²) in [5, 5.41) is 7.18. The predicted molar refractivity (Wildman–Crippen MR) is 174 cm³/mol. The van der Waals surface area contributed by atoms with E-state index >= 15 is 0 Å². The fourth-order valence-electron chi connectivity index (χ4n) is 7.11. The molecule has 2 amide bonds. The average molecular weight is 644 g/mol. The molecule has 3 N–H and O–H groups in total. The average Bonchev–Trinajstić information content (AvgIpc) is 3.02. The summed E-state index contributed by atoms with van der Waals surface area (Å²) in [5.74, 6) is 0.193. The normalized spacial score (nSPS) is 21.3. The molecule has 11 heteroatoms. The summed E-state index contributed by atoms with van der Waals surface area (Å²) < 4.78 is 26.6. The van der Waals surface area contributed by atoms with Crippen LogP contribution in [0.2, 0.25) is 5.02 Å². The van der Waals surface area contributed by atoms with Crippen LogP contribution >= 0.6 is 11.6 Å². The van der Waals surface area contributed by atoms with Gasteiger partial charge in [0.15, 0.2) is 0 Å². The van der Waals surface area contributed by atoms with Gasteiger partial charge in [0.25, 0.3) is 0 Å². The molecule has 0 aromatic heterocycles. The fourth-order valence-corrected chi connectivity index (χ4v) is 7.71. The second-order valence-corrected chi connectivity index (χ2v) is 14.8. The highest BCUT2D eigenvalue weighted by Gasteiger charge is 2.35. The van der Waals surface area contributed by atoms with Crippen molar-refractivity contribution in [3.8, 4) is 0 Å². The van der Waals surface area contributed by atoms with Crippen molar-refractivity contribution in [3.05, 3.63) is 70.2 Å². The number of carbonyl (C=O) groups excluding carboxylic acids is 2. The molecule has 5 rings (SSSR count). The summed E-state index contributed by atoms with van der Waals surface area (Å²) >= 11 is 6.11. The third-order valence-corrected chi connectivity index (χ3v) is 10.4. The van der Waals surface area contributed by atoms with E-state index in [2.05, 4.69) is 32.4 Å². The first-order valence-corrected chi connectivity index (χ1v) is 18.3. The molecular weight excluding hydrogens is 598 g/mol. The molecule has 0 radical (unpaired) electrons. The lowest BCUT2D eigenvalue weighted by Gasteiger charge is -2.44. The molecule has 2 fully saturated rings. The molecule has 9 nitrogen and oxygen atoms in total. The number of hydrogen-bond acceptors (Lipinski definition) is 6. The number of nitrogens with one attached hydrogen (secondary N) is 3. The van der Waals surface area contributed by atoms with Crippen LogP contribution in [-0.2, 0) is 32.5 Å². The molecule has 1 aliphatic carbocycles. The molecular formula is C33H46ClN5O4S. The van der Waals surface area contributed by atoms with Gasteiger partial charge >= 0.3 is 0 Å². The summed E-state index contributed by atoms with van der Waals surface area (Å²) in [6.45, 7) is 3.61. The molecule has 2 aliphatic heterocycles. The summed E-state index contributed by atoms with van der Waals surface area (Å²) in [4.78, 5) is 31.6. The molecule has 240 valence electrons. The van der Waals surface area contributed by atoms with Gasteiger partial charge in [0.1, 0.15) is 6.04 Å². The van der Waals surface area contributed by atoms with Crippen molar-refractivity contribution < 1.29 is 18.0 Å². The second kappa shape index (κ2) is 15.2. The van der Waals surface area contributed by atoms with Gasteiger partial charge in [-0.25, -0.2) is 13.1 Å². The van der Waals surface area contributed by atoms with Gasteiger partial charge in [0, 0.05) is 62.7 Å². The van der Waals surface area contributed by atoms with Gasteiger partial charge in [-0.05, 0) is 60.5 Å². The lowest BCUT2D eigenvalue weighted by atomic mass is 9.83. The number of amides is 2. The highest BCUT2D eigenvalue weighted by Crippen LogP contribution is 2.30. The standard InChI is InChI=1S/C33H46ClN5O4S/c1-44(42,43)36-23-31(26-8-3-2-4-9-26)38-17-19-39(20-18-38)33(41)30(21-24-11-13-27(34)14-12-24)37-32(40)22-29-28-10-6-5-7-25(28)15-16-35-29/h5-7,10-14,26,29-31,35-36H,2-4,8-9,15-23H2,1H3,(H,37,40)/t29?,30-,31?/m1/s1. The Labute approximate surface area is 267 Å².